The molecule has 94 valence electrons. The summed E-state index contributed by atoms with van der Waals surface area (Å²) in [5.41, 5.74) is 0.970. The lowest BCUT2D eigenvalue weighted by molar-refractivity contribution is -0.140. The minimum absolute atomic E-state index is 0.00273. The zero-order valence-corrected chi connectivity index (χ0v) is 10.4. The summed E-state index contributed by atoms with van der Waals surface area (Å²) < 4.78 is 18.3. The lowest BCUT2D eigenvalue weighted by atomic mass is 9.92. The van der Waals surface area contributed by atoms with Gasteiger partial charge in [-0.15, -0.1) is 0 Å². The highest BCUT2D eigenvalue weighted by Crippen LogP contribution is 2.29. The number of methoxy groups -OCH3 is 1. The van der Waals surface area contributed by atoms with Crippen molar-refractivity contribution in [3.63, 3.8) is 0 Å². The number of carbonyl (C=O) groups excluding carboxylic acids is 1. The fourth-order valence-electron chi connectivity index (χ4n) is 2.16. The van der Waals surface area contributed by atoms with Crippen LogP contribution in [-0.2, 0) is 9.53 Å². The van der Waals surface area contributed by atoms with Crippen molar-refractivity contribution in [3.8, 4) is 0 Å². The number of carbonyl (C=O) groups is 1. The molecule has 0 aliphatic rings. The number of hydrogen-bond acceptors (Lipinski definition) is 2. The lowest BCUT2D eigenvalue weighted by Crippen LogP contribution is -2.06. The van der Waals surface area contributed by atoms with E-state index in [0.717, 1.165) is 10.9 Å². The molecule has 0 spiro atoms. The first-order chi connectivity index (χ1) is 8.63. The fraction of sp³-hybridized carbons (Fsp3) is 0.267. The van der Waals surface area contributed by atoms with E-state index in [4.69, 9.17) is 0 Å². The van der Waals surface area contributed by atoms with Crippen molar-refractivity contribution in [1.29, 1.82) is 0 Å². The predicted octanol–water partition coefficient (Wildman–Crippen LogP) is 3.65. The number of rotatable bonds is 3. The molecule has 0 aliphatic heterocycles. The van der Waals surface area contributed by atoms with E-state index in [2.05, 4.69) is 4.74 Å². The zero-order chi connectivity index (χ0) is 13.1. The van der Waals surface area contributed by atoms with Gasteiger partial charge in [0.1, 0.15) is 5.82 Å². The van der Waals surface area contributed by atoms with Gasteiger partial charge in [-0.2, -0.15) is 0 Å². The molecule has 0 saturated carbocycles. The summed E-state index contributed by atoms with van der Waals surface area (Å²) in [6, 6.07) is 10.5. The Bertz CT molecular complexity index is 578. The monoisotopic (exact) mass is 246 g/mol. The molecule has 3 heteroatoms. The first-order valence-electron chi connectivity index (χ1n) is 5.87. The average Bonchev–Trinajstić information content (AvgIpc) is 2.39. The van der Waals surface area contributed by atoms with Gasteiger partial charge in [0.2, 0.25) is 0 Å². The van der Waals surface area contributed by atoms with E-state index < -0.39 is 0 Å². The van der Waals surface area contributed by atoms with E-state index in [1.165, 1.54) is 13.2 Å². The smallest absolute Gasteiger partial charge is 0.306 e. The summed E-state index contributed by atoms with van der Waals surface area (Å²) >= 11 is 0. The summed E-state index contributed by atoms with van der Waals surface area (Å²) in [6.45, 7) is 1.94. The summed E-state index contributed by atoms with van der Waals surface area (Å²) in [5.74, 6) is -0.488. The van der Waals surface area contributed by atoms with E-state index >= 15 is 0 Å². The van der Waals surface area contributed by atoms with Crippen LogP contribution in [0.5, 0.6) is 0 Å². The molecule has 2 rings (SSSR count). The van der Waals surface area contributed by atoms with Crippen LogP contribution in [0.15, 0.2) is 36.4 Å². The highest BCUT2D eigenvalue weighted by Gasteiger charge is 2.15. The molecule has 0 heterocycles. The summed E-state index contributed by atoms with van der Waals surface area (Å²) in [5, 5.41) is 1.45. The molecular weight excluding hydrogens is 231 g/mol. The van der Waals surface area contributed by atoms with Gasteiger partial charge in [-0.25, -0.2) is 4.39 Å². The molecule has 0 fully saturated rings. The third-order valence-corrected chi connectivity index (χ3v) is 3.14. The quantitative estimate of drug-likeness (QED) is 0.773. The van der Waals surface area contributed by atoms with Gasteiger partial charge in [0.25, 0.3) is 0 Å². The van der Waals surface area contributed by atoms with Gasteiger partial charge in [-0.1, -0.05) is 37.3 Å². The molecule has 0 N–H and O–H groups in total. The Morgan fingerprint density at radius 2 is 1.89 bits per heavy atom. The highest BCUT2D eigenvalue weighted by atomic mass is 19.1. The normalized spacial score (nSPS) is 12.4. The predicted molar refractivity (Wildman–Crippen MR) is 69.0 cm³/mol. The molecule has 2 aromatic carbocycles. The molecule has 18 heavy (non-hydrogen) atoms. The van der Waals surface area contributed by atoms with Crippen molar-refractivity contribution in [2.45, 2.75) is 19.3 Å². The topological polar surface area (TPSA) is 26.3 Å². The molecular formula is C15H15FO2. The van der Waals surface area contributed by atoms with Crippen molar-refractivity contribution < 1.29 is 13.9 Å². The Morgan fingerprint density at radius 3 is 2.56 bits per heavy atom. The maximum Gasteiger partial charge on any atom is 0.306 e. The van der Waals surface area contributed by atoms with E-state index in [1.54, 1.807) is 18.2 Å². The Labute approximate surface area is 105 Å². The van der Waals surface area contributed by atoms with Crippen LogP contribution in [0, 0.1) is 5.82 Å². The van der Waals surface area contributed by atoms with Crippen LogP contribution in [0.3, 0.4) is 0 Å². The second-order valence-corrected chi connectivity index (χ2v) is 4.36. The van der Waals surface area contributed by atoms with Crippen LogP contribution in [0.1, 0.15) is 24.8 Å². The number of benzene rings is 2. The molecule has 0 bridgehead atoms. The van der Waals surface area contributed by atoms with Gasteiger partial charge in [0.15, 0.2) is 0 Å². The number of ether oxygens (including phenoxy) is 1. The SMILES string of the molecule is COC(=O)CC(C)c1ccc(F)c2ccccc12. The average molecular weight is 246 g/mol. The van der Waals surface area contributed by atoms with Gasteiger partial charge < -0.3 is 4.74 Å². The third-order valence-electron chi connectivity index (χ3n) is 3.14. The van der Waals surface area contributed by atoms with Crippen molar-refractivity contribution in [2.24, 2.45) is 0 Å². The van der Waals surface area contributed by atoms with E-state index in [0.29, 0.717) is 11.8 Å². The van der Waals surface area contributed by atoms with E-state index in [1.807, 2.05) is 19.1 Å². The van der Waals surface area contributed by atoms with Gasteiger partial charge in [-0.3, -0.25) is 4.79 Å². The summed E-state index contributed by atoms with van der Waals surface area (Å²) in [4.78, 5) is 11.3. The highest BCUT2D eigenvalue weighted by molar-refractivity contribution is 5.87. The molecule has 2 aromatic rings. The molecule has 1 unspecified atom stereocenters. The van der Waals surface area contributed by atoms with Gasteiger partial charge >= 0.3 is 5.97 Å². The Morgan fingerprint density at radius 1 is 1.22 bits per heavy atom. The first kappa shape index (κ1) is 12.6. The lowest BCUT2D eigenvalue weighted by Gasteiger charge is -2.14. The second-order valence-electron chi connectivity index (χ2n) is 4.36. The minimum atomic E-state index is -0.254. The summed E-state index contributed by atoms with van der Waals surface area (Å²) in [7, 11) is 1.37. The van der Waals surface area contributed by atoms with Crippen molar-refractivity contribution >= 4 is 16.7 Å². The zero-order valence-electron chi connectivity index (χ0n) is 10.4. The first-order valence-corrected chi connectivity index (χ1v) is 5.87. The molecule has 0 radical (unpaired) electrons. The van der Waals surface area contributed by atoms with E-state index in [-0.39, 0.29) is 17.7 Å². The molecule has 0 aliphatic carbocycles. The molecule has 2 nitrogen and oxygen atoms in total. The largest absolute Gasteiger partial charge is 0.469 e. The Hall–Kier alpha value is -1.90. The van der Waals surface area contributed by atoms with Crippen LogP contribution in [0.2, 0.25) is 0 Å². The minimum Gasteiger partial charge on any atom is -0.469 e. The molecule has 1 atom stereocenters. The number of hydrogen-bond donors (Lipinski definition) is 0. The number of fused-ring (bicyclic) bond motifs is 1. The van der Waals surface area contributed by atoms with Crippen LogP contribution in [0.4, 0.5) is 4.39 Å². The van der Waals surface area contributed by atoms with Gasteiger partial charge in [0.05, 0.1) is 13.5 Å². The maximum absolute atomic E-state index is 13.7. The molecule has 0 amide bonds. The summed E-state index contributed by atoms with van der Waals surface area (Å²) in [6.07, 6.45) is 0.298. The van der Waals surface area contributed by atoms with Gasteiger partial charge in [-0.05, 0) is 22.9 Å². The molecule has 0 aromatic heterocycles. The molecule has 0 saturated heterocycles. The van der Waals surface area contributed by atoms with Crippen LogP contribution in [0.25, 0.3) is 10.8 Å². The van der Waals surface area contributed by atoms with Crippen LogP contribution < -0.4 is 0 Å². The van der Waals surface area contributed by atoms with E-state index in [9.17, 15) is 9.18 Å². The van der Waals surface area contributed by atoms with Crippen LogP contribution >= 0.6 is 0 Å². The van der Waals surface area contributed by atoms with Gasteiger partial charge in [0, 0.05) is 5.39 Å². The fourth-order valence-corrected chi connectivity index (χ4v) is 2.16. The Kier molecular flexibility index (Phi) is 3.60. The van der Waals surface area contributed by atoms with Crippen molar-refractivity contribution in [1.82, 2.24) is 0 Å². The third kappa shape index (κ3) is 2.35. The van der Waals surface area contributed by atoms with Crippen LogP contribution in [-0.4, -0.2) is 13.1 Å². The maximum atomic E-state index is 13.7. The van der Waals surface area contributed by atoms with Crippen molar-refractivity contribution in [2.75, 3.05) is 7.11 Å². The second kappa shape index (κ2) is 5.17. The number of halogens is 1. The Balaban J connectivity index is 2.45. The van der Waals surface area contributed by atoms with Crippen molar-refractivity contribution in [3.05, 3.63) is 47.8 Å². The standard InChI is InChI=1S/C15H15FO2/c1-10(9-15(17)18-2)11-7-8-14(16)13-6-4-3-5-12(11)13/h3-8,10H,9H2,1-2H3. The number of esters is 1.